The highest BCUT2D eigenvalue weighted by atomic mass is 16.5. The number of rotatable bonds is 7. The summed E-state index contributed by atoms with van der Waals surface area (Å²) >= 11 is 0. The van der Waals surface area contributed by atoms with Gasteiger partial charge in [0.2, 0.25) is 0 Å². The average Bonchev–Trinajstić information content (AvgIpc) is 2.61. The molecular formula is C18H21N3O4. The lowest BCUT2D eigenvalue weighted by Crippen LogP contribution is -2.36. The molecule has 0 heterocycles. The number of carbonyl (C=O) groups excluding carboxylic acids is 1. The van der Waals surface area contributed by atoms with Crippen molar-refractivity contribution in [2.24, 2.45) is 5.10 Å². The van der Waals surface area contributed by atoms with Gasteiger partial charge in [-0.2, -0.15) is 5.10 Å². The molecule has 0 radical (unpaired) electrons. The number of methoxy groups -OCH3 is 1. The van der Waals surface area contributed by atoms with Crippen molar-refractivity contribution in [3.63, 3.8) is 0 Å². The molecule has 0 bridgehead atoms. The van der Waals surface area contributed by atoms with Gasteiger partial charge in [0, 0.05) is 17.3 Å². The maximum atomic E-state index is 12.2. The Morgan fingerprint density at radius 1 is 1.24 bits per heavy atom. The van der Waals surface area contributed by atoms with Crippen molar-refractivity contribution in [3.05, 3.63) is 48.0 Å². The normalized spacial score (nSPS) is 11.9. The summed E-state index contributed by atoms with van der Waals surface area (Å²) < 4.78 is 5.10. The van der Waals surface area contributed by atoms with Gasteiger partial charge in [0.1, 0.15) is 23.3 Å². The monoisotopic (exact) mass is 343 g/mol. The van der Waals surface area contributed by atoms with Crippen molar-refractivity contribution in [3.8, 4) is 17.2 Å². The first-order valence-electron chi connectivity index (χ1n) is 7.79. The van der Waals surface area contributed by atoms with Crippen LogP contribution < -0.4 is 15.5 Å². The Balaban J connectivity index is 1.95. The SMILES string of the molecule is CC[C@@H](Nc1ccc(OC)cc1)C(=O)N/N=C\c1ccc(O)cc1O. The van der Waals surface area contributed by atoms with Crippen LogP contribution in [0.3, 0.4) is 0 Å². The van der Waals surface area contributed by atoms with Crippen LogP contribution in [-0.4, -0.2) is 35.5 Å². The Morgan fingerprint density at radius 3 is 2.56 bits per heavy atom. The van der Waals surface area contributed by atoms with Crippen LogP contribution in [0, 0.1) is 0 Å². The van der Waals surface area contributed by atoms with E-state index in [1.807, 2.05) is 19.1 Å². The number of amides is 1. The number of hydrogen-bond acceptors (Lipinski definition) is 6. The Kier molecular flexibility index (Phi) is 6.22. The fourth-order valence-corrected chi connectivity index (χ4v) is 2.13. The molecule has 2 aromatic carbocycles. The number of nitrogens with one attached hydrogen (secondary N) is 2. The van der Waals surface area contributed by atoms with E-state index in [1.54, 1.807) is 19.2 Å². The lowest BCUT2D eigenvalue weighted by molar-refractivity contribution is -0.121. The van der Waals surface area contributed by atoms with Crippen LogP contribution in [0.1, 0.15) is 18.9 Å². The van der Waals surface area contributed by atoms with Gasteiger partial charge >= 0.3 is 0 Å². The van der Waals surface area contributed by atoms with E-state index in [0.717, 1.165) is 11.4 Å². The van der Waals surface area contributed by atoms with Crippen molar-refractivity contribution in [2.45, 2.75) is 19.4 Å². The van der Waals surface area contributed by atoms with Crippen molar-refractivity contribution >= 4 is 17.8 Å². The molecule has 1 atom stereocenters. The van der Waals surface area contributed by atoms with E-state index >= 15 is 0 Å². The number of anilines is 1. The topological polar surface area (TPSA) is 103 Å². The molecule has 4 N–H and O–H groups in total. The third-order valence-electron chi connectivity index (χ3n) is 3.55. The van der Waals surface area contributed by atoms with Crippen LogP contribution in [0.5, 0.6) is 17.2 Å². The van der Waals surface area contributed by atoms with Gasteiger partial charge in [0.15, 0.2) is 0 Å². The first kappa shape index (κ1) is 18.1. The highest BCUT2D eigenvalue weighted by Crippen LogP contribution is 2.20. The predicted molar refractivity (Wildman–Crippen MR) is 96.2 cm³/mol. The second-order valence-corrected chi connectivity index (χ2v) is 5.31. The number of phenols is 2. The summed E-state index contributed by atoms with van der Waals surface area (Å²) in [4.78, 5) is 12.2. The lowest BCUT2D eigenvalue weighted by atomic mass is 10.2. The zero-order valence-corrected chi connectivity index (χ0v) is 14.1. The summed E-state index contributed by atoms with van der Waals surface area (Å²) in [6.45, 7) is 1.89. The highest BCUT2D eigenvalue weighted by Gasteiger charge is 2.15. The Labute approximate surface area is 146 Å². The van der Waals surface area contributed by atoms with Gasteiger partial charge in [-0.3, -0.25) is 4.79 Å². The molecule has 1 amide bonds. The van der Waals surface area contributed by atoms with Crippen molar-refractivity contribution in [2.75, 3.05) is 12.4 Å². The minimum atomic E-state index is -0.459. The highest BCUT2D eigenvalue weighted by molar-refractivity contribution is 5.88. The fourth-order valence-electron chi connectivity index (χ4n) is 2.13. The van der Waals surface area contributed by atoms with Crippen LogP contribution in [0.15, 0.2) is 47.6 Å². The molecule has 2 aromatic rings. The Hall–Kier alpha value is -3.22. The van der Waals surface area contributed by atoms with Crippen LogP contribution in [0.4, 0.5) is 5.69 Å². The number of benzene rings is 2. The maximum Gasteiger partial charge on any atom is 0.262 e. The molecule has 132 valence electrons. The second-order valence-electron chi connectivity index (χ2n) is 5.31. The molecule has 0 aliphatic carbocycles. The zero-order chi connectivity index (χ0) is 18.2. The molecule has 7 heteroatoms. The fraction of sp³-hybridized carbons (Fsp3) is 0.222. The minimum absolute atomic E-state index is 0.0478. The number of hydrogen-bond donors (Lipinski definition) is 4. The maximum absolute atomic E-state index is 12.2. The number of phenolic OH excluding ortho intramolecular Hbond substituents is 2. The second kappa shape index (κ2) is 8.58. The van der Waals surface area contributed by atoms with Gasteiger partial charge in [-0.15, -0.1) is 0 Å². The van der Waals surface area contributed by atoms with E-state index in [2.05, 4.69) is 15.8 Å². The van der Waals surface area contributed by atoms with E-state index in [9.17, 15) is 15.0 Å². The summed E-state index contributed by atoms with van der Waals surface area (Å²) in [5.41, 5.74) is 3.61. The van der Waals surface area contributed by atoms with Gasteiger partial charge < -0.3 is 20.3 Å². The third-order valence-corrected chi connectivity index (χ3v) is 3.55. The van der Waals surface area contributed by atoms with Crippen LogP contribution in [-0.2, 0) is 4.79 Å². The molecule has 0 aromatic heterocycles. The summed E-state index contributed by atoms with van der Waals surface area (Å²) in [6, 6.07) is 10.9. The quantitative estimate of drug-likeness (QED) is 0.457. The van der Waals surface area contributed by atoms with E-state index in [1.165, 1.54) is 24.4 Å². The lowest BCUT2D eigenvalue weighted by Gasteiger charge is -2.16. The smallest absolute Gasteiger partial charge is 0.262 e. The van der Waals surface area contributed by atoms with Gasteiger partial charge in [0.25, 0.3) is 5.91 Å². The standard InChI is InChI=1S/C18H21N3O4/c1-3-16(20-13-5-8-15(25-2)9-6-13)18(24)21-19-11-12-4-7-14(22)10-17(12)23/h4-11,16,20,22-23H,3H2,1-2H3,(H,21,24)/b19-11-/t16-/m1/s1. The van der Waals surface area contributed by atoms with Crippen molar-refractivity contribution in [1.29, 1.82) is 0 Å². The molecule has 0 aliphatic rings. The number of aromatic hydroxyl groups is 2. The number of nitrogens with zero attached hydrogens (tertiary/aromatic N) is 1. The molecule has 2 rings (SSSR count). The Bertz CT molecular complexity index is 744. The third kappa shape index (κ3) is 5.13. The Morgan fingerprint density at radius 2 is 1.96 bits per heavy atom. The van der Waals surface area contributed by atoms with Crippen LogP contribution in [0.2, 0.25) is 0 Å². The van der Waals surface area contributed by atoms with Crippen LogP contribution in [0.25, 0.3) is 0 Å². The van der Waals surface area contributed by atoms with Gasteiger partial charge in [0.05, 0.1) is 13.3 Å². The first-order chi connectivity index (χ1) is 12.0. The van der Waals surface area contributed by atoms with Gasteiger partial charge in [-0.25, -0.2) is 5.43 Å². The van der Waals surface area contributed by atoms with Crippen molar-refractivity contribution < 1.29 is 19.7 Å². The minimum Gasteiger partial charge on any atom is -0.508 e. The van der Waals surface area contributed by atoms with Crippen molar-refractivity contribution in [1.82, 2.24) is 5.43 Å². The molecule has 0 aliphatic heterocycles. The van der Waals surface area contributed by atoms with Gasteiger partial charge in [-0.05, 0) is 42.8 Å². The molecule has 0 fully saturated rings. The first-order valence-corrected chi connectivity index (χ1v) is 7.79. The molecule has 25 heavy (non-hydrogen) atoms. The number of hydrazone groups is 1. The summed E-state index contributed by atoms with van der Waals surface area (Å²) in [5.74, 6) is 0.268. The van der Waals surface area contributed by atoms with Gasteiger partial charge in [-0.1, -0.05) is 6.92 Å². The molecule has 0 spiro atoms. The summed E-state index contributed by atoms with van der Waals surface area (Å²) in [7, 11) is 1.59. The van der Waals surface area contributed by atoms with Crippen LogP contribution >= 0.6 is 0 Å². The number of carbonyl (C=O) groups is 1. The molecule has 0 unspecified atom stereocenters. The van der Waals surface area contributed by atoms with E-state index in [0.29, 0.717) is 12.0 Å². The number of ether oxygens (including phenoxy) is 1. The molecule has 0 saturated heterocycles. The van der Waals surface area contributed by atoms with E-state index in [-0.39, 0.29) is 17.4 Å². The molecule has 0 saturated carbocycles. The summed E-state index contributed by atoms with van der Waals surface area (Å²) in [5, 5.41) is 25.9. The average molecular weight is 343 g/mol. The molecule has 7 nitrogen and oxygen atoms in total. The molecular weight excluding hydrogens is 322 g/mol. The van der Waals surface area contributed by atoms with E-state index < -0.39 is 6.04 Å². The largest absolute Gasteiger partial charge is 0.508 e. The zero-order valence-electron chi connectivity index (χ0n) is 14.1. The summed E-state index contributed by atoms with van der Waals surface area (Å²) in [6.07, 6.45) is 1.88. The predicted octanol–water partition coefficient (Wildman–Crippen LogP) is 2.45. The van der Waals surface area contributed by atoms with E-state index in [4.69, 9.17) is 4.74 Å².